The smallest absolute Gasteiger partial charge is 0.246 e. The van der Waals surface area contributed by atoms with E-state index in [4.69, 9.17) is 17.3 Å². The van der Waals surface area contributed by atoms with Gasteiger partial charge in [-0.05, 0) is 17.0 Å². The molecule has 0 saturated carbocycles. The fourth-order valence-electron chi connectivity index (χ4n) is 0.902. The monoisotopic (exact) mass is 211 g/mol. The first-order chi connectivity index (χ1) is 5.65. The van der Waals surface area contributed by atoms with Crippen molar-refractivity contribution in [3.05, 3.63) is 21.3 Å². The Labute approximate surface area is 78.1 Å². The summed E-state index contributed by atoms with van der Waals surface area (Å²) < 4.78 is 25.1. The largest absolute Gasteiger partial charge is 0.330 e. The molecule has 0 aliphatic carbocycles. The minimum atomic E-state index is -2.42. The third-order valence-electron chi connectivity index (χ3n) is 1.57. The number of hydrogen-bond acceptors (Lipinski definition) is 2. The average molecular weight is 212 g/mol. The van der Waals surface area contributed by atoms with E-state index < -0.39 is 12.3 Å². The maximum absolute atomic E-state index is 12.3. The van der Waals surface area contributed by atoms with E-state index in [1.165, 1.54) is 17.4 Å². The molecule has 0 saturated heterocycles. The summed E-state index contributed by atoms with van der Waals surface area (Å²) in [6.07, 6.45) is -2.42. The molecule has 0 bridgehead atoms. The van der Waals surface area contributed by atoms with E-state index in [0.29, 0.717) is 9.90 Å². The van der Waals surface area contributed by atoms with Crippen LogP contribution in [-0.4, -0.2) is 13.0 Å². The third kappa shape index (κ3) is 2.15. The number of nitrogens with two attached hydrogens (primary N) is 1. The lowest BCUT2D eigenvalue weighted by Crippen LogP contribution is -2.18. The quantitative estimate of drug-likeness (QED) is 0.818. The first kappa shape index (κ1) is 9.89. The maximum Gasteiger partial charge on any atom is 0.246 e. The Hall–Kier alpha value is -0.190. The second-order valence-electron chi connectivity index (χ2n) is 2.36. The van der Waals surface area contributed by atoms with E-state index in [1.54, 1.807) is 5.38 Å². The van der Waals surface area contributed by atoms with Gasteiger partial charge in [0, 0.05) is 6.54 Å². The van der Waals surface area contributed by atoms with Crippen LogP contribution in [0.5, 0.6) is 0 Å². The molecule has 1 nitrogen and oxygen atoms in total. The van der Waals surface area contributed by atoms with Crippen LogP contribution in [-0.2, 0) is 0 Å². The molecule has 0 aromatic carbocycles. The summed E-state index contributed by atoms with van der Waals surface area (Å²) >= 11 is 6.84. The second kappa shape index (κ2) is 4.16. The van der Waals surface area contributed by atoms with Crippen molar-refractivity contribution in [1.82, 2.24) is 0 Å². The van der Waals surface area contributed by atoms with Gasteiger partial charge in [0.25, 0.3) is 0 Å². The minimum absolute atomic E-state index is 0.0509. The van der Waals surface area contributed by atoms with Crippen LogP contribution in [0.25, 0.3) is 0 Å². The van der Waals surface area contributed by atoms with Crippen LogP contribution in [0.1, 0.15) is 11.5 Å². The van der Waals surface area contributed by atoms with Crippen molar-refractivity contribution in [3.8, 4) is 0 Å². The molecule has 1 atom stereocenters. The number of hydrogen-bond donors (Lipinski definition) is 1. The van der Waals surface area contributed by atoms with E-state index in [0.717, 1.165) is 0 Å². The summed E-state index contributed by atoms with van der Waals surface area (Å²) in [7, 11) is 0. The SMILES string of the molecule is NCC(c1csc(Cl)c1)C(F)F. The van der Waals surface area contributed by atoms with Gasteiger partial charge in [-0.2, -0.15) is 0 Å². The highest BCUT2D eigenvalue weighted by atomic mass is 35.5. The Kier molecular flexibility index (Phi) is 3.43. The lowest BCUT2D eigenvalue weighted by Gasteiger charge is -2.10. The zero-order valence-electron chi connectivity index (χ0n) is 6.14. The summed E-state index contributed by atoms with van der Waals surface area (Å²) in [5, 5.41) is 1.62. The van der Waals surface area contributed by atoms with Crippen molar-refractivity contribution in [1.29, 1.82) is 0 Å². The molecule has 0 amide bonds. The van der Waals surface area contributed by atoms with Gasteiger partial charge >= 0.3 is 0 Å². The summed E-state index contributed by atoms with van der Waals surface area (Å²) in [6.45, 7) is -0.0509. The van der Waals surface area contributed by atoms with Crippen LogP contribution >= 0.6 is 22.9 Å². The minimum Gasteiger partial charge on any atom is -0.330 e. The van der Waals surface area contributed by atoms with Gasteiger partial charge in [0.1, 0.15) is 0 Å². The van der Waals surface area contributed by atoms with Crippen molar-refractivity contribution in [2.75, 3.05) is 6.54 Å². The molecule has 2 N–H and O–H groups in total. The number of thiophene rings is 1. The summed E-state index contributed by atoms with van der Waals surface area (Å²) in [5.74, 6) is -0.881. The number of halogens is 3. The van der Waals surface area contributed by atoms with Gasteiger partial charge in [-0.15, -0.1) is 11.3 Å². The maximum atomic E-state index is 12.3. The van der Waals surface area contributed by atoms with Crippen molar-refractivity contribution in [3.63, 3.8) is 0 Å². The molecule has 1 aromatic heterocycles. The van der Waals surface area contributed by atoms with Crippen LogP contribution in [0, 0.1) is 0 Å². The molecule has 0 aliphatic rings. The Morgan fingerprint density at radius 1 is 1.58 bits per heavy atom. The van der Waals surface area contributed by atoms with Crippen molar-refractivity contribution in [2.45, 2.75) is 12.3 Å². The Balaban J connectivity index is 2.80. The predicted molar refractivity (Wildman–Crippen MR) is 47.1 cm³/mol. The second-order valence-corrected chi connectivity index (χ2v) is 3.90. The Bertz CT molecular complexity index is 251. The topological polar surface area (TPSA) is 26.0 Å². The van der Waals surface area contributed by atoms with Crippen LogP contribution in [0.3, 0.4) is 0 Å². The van der Waals surface area contributed by atoms with Crippen LogP contribution in [0.15, 0.2) is 11.4 Å². The van der Waals surface area contributed by atoms with Gasteiger partial charge in [-0.3, -0.25) is 0 Å². The molecule has 0 radical (unpaired) electrons. The molecule has 1 heterocycles. The van der Waals surface area contributed by atoms with E-state index in [-0.39, 0.29) is 6.54 Å². The standard InChI is InChI=1S/C7H8ClF2NS/c8-6-1-4(3-12-6)5(2-11)7(9)10/h1,3,5,7H,2,11H2. The Morgan fingerprint density at radius 2 is 2.25 bits per heavy atom. The summed E-state index contributed by atoms with van der Waals surface area (Å²) in [5.41, 5.74) is 5.73. The summed E-state index contributed by atoms with van der Waals surface area (Å²) in [4.78, 5) is 0. The molecular weight excluding hydrogens is 204 g/mol. The van der Waals surface area contributed by atoms with Crippen molar-refractivity contribution >= 4 is 22.9 Å². The highest BCUT2D eigenvalue weighted by molar-refractivity contribution is 7.14. The van der Waals surface area contributed by atoms with Gasteiger partial charge in [0.05, 0.1) is 10.3 Å². The van der Waals surface area contributed by atoms with Gasteiger partial charge < -0.3 is 5.73 Å². The number of alkyl halides is 2. The predicted octanol–water partition coefficient (Wildman–Crippen LogP) is 2.71. The van der Waals surface area contributed by atoms with Crippen LogP contribution in [0.2, 0.25) is 4.34 Å². The van der Waals surface area contributed by atoms with Crippen LogP contribution < -0.4 is 5.73 Å². The molecule has 1 rings (SSSR count). The lowest BCUT2D eigenvalue weighted by molar-refractivity contribution is 0.117. The average Bonchev–Trinajstić information content (AvgIpc) is 2.37. The normalized spacial score (nSPS) is 13.8. The zero-order valence-corrected chi connectivity index (χ0v) is 7.71. The van der Waals surface area contributed by atoms with E-state index in [2.05, 4.69) is 0 Å². The Morgan fingerprint density at radius 3 is 2.58 bits per heavy atom. The van der Waals surface area contributed by atoms with Crippen LogP contribution in [0.4, 0.5) is 8.78 Å². The first-order valence-electron chi connectivity index (χ1n) is 3.37. The highest BCUT2D eigenvalue weighted by Crippen LogP contribution is 2.29. The van der Waals surface area contributed by atoms with Gasteiger partial charge in [0.2, 0.25) is 6.43 Å². The van der Waals surface area contributed by atoms with Gasteiger partial charge in [-0.25, -0.2) is 8.78 Å². The van der Waals surface area contributed by atoms with E-state index in [1.807, 2.05) is 0 Å². The highest BCUT2D eigenvalue weighted by Gasteiger charge is 2.21. The molecule has 1 unspecified atom stereocenters. The lowest BCUT2D eigenvalue weighted by atomic mass is 10.0. The fourth-order valence-corrected chi connectivity index (χ4v) is 1.86. The first-order valence-corrected chi connectivity index (χ1v) is 4.63. The van der Waals surface area contributed by atoms with Crippen molar-refractivity contribution in [2.24, 2.45) is 5.73 Å². The molecule has 68 valence electrons. The fraction of sp³-hybridized carbons (Fsp3) is 0.429. The zero-order chi connectivity index (χ0) is 9.14. The molecule has 0 fully saturated rings. The van der Waals surface area contributed by atoms with Crippen molar-refractivity contribution < 1.29 is 8.78 Å². The van der Waals surface area contributed by atoms with E-state index in [9.17, 15) is 8.78 Å². The van der Waals surface area contributed by atoms with Gasteiger partial charge in [0.15, 0.2) is 0 Å². The molecular formula is C7H8ClF2NS. The molecule has 5 heteroatoms. The molecule has 0 spiro atoms. The molecule has 1 aromatic rings. The van der Waals surface area contributed by atoms with E-state index >= 15 is 0 Å². The molecule has 0 aliphatic heterocycles. The van der Waals surface area contributed by atoms with Gasteiger partial charge in [-0.1, -0.05) is 11.6 Å². The number of rotatable bonds is 3. The molecule has 12 heavy (non-hydrogen) atoms. The summed E-state index contributed by atoms with van der Waals surface area (Å²) in [6, 6.07) is 1.54. The third-order valence-corrected chi connectivity index (χ3v) is 2.68.